The Kier molecular flexibility index (Phi) is 7.47. The Morgan fingerprint density at radius 3 is 2.62 bits per heavy atom. The van der Waals surface area contributed by atoms with E-state index < -0.39 is 13.4 Å². The van der Waals surface area contributed by atoms with E-state index in [-0.39, 0.29) is 6.61 Å². The molecule has 0 amide bonds. The van der Waals surface area contributed by atoms with Crippen LogP contribution < -0.4 is 5.73 Å². The molecular formula is C19H26NO4PS. The lowest BCUT2D eigenvalue weighted by Gasteiger charge is -2.25. The fourth-order valence-corrected chi connectivity index (χ4v) is 4.01. The van der Waals surface area contributed by atoms with E-state index in [1.54, 1.807) is 18.7 Å². The number of nitrogens with two attached hydrogens (primary N) is 1. The molecule has 0 aliphatic carbocycles. The molecule has 0 aliphatic heterocycles. The Labute approximate surface area is 159 Å². The summed E-state index contributed by atoms with van der Waals surface area (Å²) in [7, 11) is -4.51. The molecule has 5 nitrogen and oxygen atoms in total. The topological polar surface area (TPSA) is 92.8 Å². The molecule has 0 heterocycles. The molecule has 0 radical (unpaired) electrons. The highest BCUT2D eigenvalue weighted by molar-refractivity contribution is 7.99. The van der Waals surface area contributed by atoms with Gasteiger partial charge < -0.3 is 15.5 Å². The van der Waals surface area contributed by atoms with Crippen molar-refractivity contribution < 1.29 is 18.9 Å². The van der Waals surface area contributed by atoms with Gasteiger partial charge in [-0.25, -0.2) is 4.57 Å². The van der Waals surface area contributed by atoms with Gasteiger partial charge in [0.15, 0.2) is 0 Å². The smallest absolute Gasteiger partial charge is 0.323 e. The molecule has 26 heavy (non-hydrogen) atoms. The van der Waals surface area contributed by atoms with Crippen molar-refractivity contribution in [1.82, 2.24) is 0 Å². The zero-order valence-electron chi connectivity index (χ0n) is 15.1. The molecule has 0 saturated carbocycles. The van der Waals surface area contributed by atoms with E-state index >= 15 is 0 Å². The summed E-state index contributed by atoms with van der Waals surface area (Å²) in [5, 5.41) is 0. The number of hydrogen-bond acceptors (Lipinski definition) is 4. The maximum atomic E-state index is 10.9. The summed E-state index contributed by atoms with van der Waals surface area (Å²) >= 11 is 1.72. The van der Waals surface area contributed by atoms with E-state index in [1.807, 2.05) is 12.1 Å². The number of phosphoric ester groups is 1. The van der Waals surface area contributed by atoms with Crippen molar-refractivity contribution in [2.45, 2.75) is 48.4 Å². The lowest BCUT2D eigenvalue weighted by Crippen LogP contribution is -2.41. The monoisotopic (exact) mass is 395 g/mol. The molecule has 0 spiro atoms. The fraction of sp³-hybridized carbons (Fsp3) is 0.368. The first-order chi connectivity index (χ1) is 12.2. The van der Waals surface area contributed by atoms with Crippen LogP contribution in [0.2, 0.25) is 0 Å². The number of phosphoric acid groups is 1. The highest BCUT2D eigenvalue weighted by atomic mass is 32.2. The van der Waals surface area contributed by atoms with Gasteiger partial charge in [0.25, 0.3) is 0 Å². The number of aryl methyl sites for hydroxylation is 2. The number of rotatable bonds is 9. The summed E-state index contributed by atoms with van der Waals surface area (Å²) in [6.07, 6.45) is 2.26. The second kappa shape index (κ2) is 9.18. The van der Waals surface area contributed by atoms with Gasteiger partial charge in [0, 0.05) is 15.3 Å². The van der Waals surface area contributed by atoms with Crippen LogP contribution >= 0.6 is 19.6 Å². The van der Waals surface area contributed by atoms with Crippen molar-refractivity contribution in [1.29, 1.82) is 0 Å². The molecule has 2 aromatic rings. The molecular weight excluding hydrogens is 369 g/mol. The van der Waals surface area contributed by atoms with Crippen LogP contribution in [0.3, 0.4) is 0 Å². The van der Waals surface area contributed by atoms with E-state index in [2.05, 4.69) is 47.8 Å². The van der Waals surface area contributed by atoms with Crippen molar-refractivity contribution in [2.75, 3.05) is 6.61 Å². The summed E-state index contributed by atoms with van der Waals surface area (Å²) in [4.78, 5) is 20.0. The molecule has 2 rings (SSSR count). The lowest BCUT2D eigenvalue weighted by atomic mass is 9.95. The highest BCUT2D eigenvalue weighted by Crippen LogP contribution is 2.37. The van der Waals surface area contributed by atoms with Crippen LogP contribution in [0.5, 0.6) is 0 Å². The van der Waals surface area contributed by atoms with E-state index in [1.165, 1.54) is 10.5 Å². The predicted molar refractivity (Wildman–Crippen MR) is 105 cm³/mol. The Morgan fingerprint density at radius 2 is 1.92 bits per heavy atom. The second-order valence-corrected chi connectivity index (χ2v) is 8.98. The maximum Gasteiger partial charge on any atom is 0.469 e. The Morgan fingerprint density at radius 1 is 1.19 bits per heavy atom. The molecule has 2 aromatic carbocycles. The van der Waals surface area contributed by atoms with Crippen molar-refractivity contribution in [2.24, 2.45) is 5.73 Å². The van der Waals surface area contributed by atoms with Crippen molar-refractivity contribution in [3.63, 3.8) is 0 Å². The van der Waals surface area contributed by atoms with Gasteiger partial charge in [-0.15, -0.1) is 0 Å². The van der Waals surface area contributed by atoms with E-state index in [0.717, 1.165) is 16.9 Å². The van der Waals surface area contributed by atoms with Crippen molar-refractivity contribution >= 4 is 19.6 Å². The van der Waals surface area contributed by atoms with Gasteiger partial charge in [-0.2, -0.15) is 0 Å². The third kappa shape index (κ3) is 7.23. The summed E-state index contributed by atoms with van der Waals surface area (Å²) in [5.41, 5.74) is 7.78. The molecule has 0 bridgehead atoms. The van der Waals surface area contributed by atoms with Crippen LogP contribution in [-0.2, 0) is 21.9 Å². The van der Waals surface area contributed by atoms with Gasteiger partial charge in [0.2, 0.25) is 0 Å². The van der Waals surface area contributed by atoms with Crippen LogP contribution in [0.15, 0.2) is 58.3 Å². The Balaban J connectivity index is 2.05. The first-order valence-electron chi connectivity index (χ1n) is 8.52. The van der Waals surface area contributed by atoms with Crippen LogP contribution in [0.1, 0.15) is 31.4 Å². The molecule has 0 unspecified atom stereocenters. The minimum Gasteiger partial charge on any atom is -0.323 e. The van der Waals surface area contributed by atoms with E-state index in [4.69, 9.17) is 15.5 Å². The molecule has 1 atom stereocenters. The third-order valence-corrected chi connectivity index (χ3v) is 5.61. The van der Waals surface area contributed by atoms with Crippen LogP contribution in [0.4, 0.5) is 0 Å². The quantitative estimate of drug-likeness (QED) is 0.552. The van der Waals surface area contributed by atoms with Gasteiger partial charge >= 0.3 is 7.82 Å². The van der Waals surface area contributed by atoms with Crippen molar-refractivity contribution in [3.8, 4) is 0 Å². The minimum absolute atomic E-state index is 0.189. The molecule has 0 aliphatic rings. The normalized spacial score (nSPS) is 14.2. The van der Waals surface area contributed by atoms with Crippen LogP contribution in [0, 0.1) is 0 Å². The average Bonchev–Trinajstić information content (AvgIpc) is 2.59. The molecule has 0 fully saturated rings. The first-order valence-corrected chi connectivity index (χ1v) is 10.9. The maximum absolute atomic E-state index is 10.9. The minimum atomic E-state index is -4.51. The van der Waals surface area contributed by atoms with Gasteiger partial charge in [-0.05, 0) is 55.5 Å². The van der Waals surface area contributed by atoms with Crippen LogP contribution in [-0.4, -0.2) is 21.9 Å². The van der Waals surface area contributed by atoms with Gasteiger partial charge in [-0.3, -0.25) is 4.52 Å². The number of benzene rings is 2. The predicted octanol–water partition coefficient (Wildman–Crippen LogP) is 4.16. The summed E-state index contributed by atoms with van der Waals surface area (Å²) in [6.45, 7) is 3.69. The Bertz CT molecular complexity index is 776. The highest BCUT2D eigenvalue weighted by Gasteiger charge is 2.24. The largest absolute Gasteiger partial charge is 0.469 e. The Hall–Kier alpha value is -1.14. The molecule has 142 valence electrons. The molecule has 7 heteroatoms. The second-order valence-electron chi connectivity index (χ2n) is 6.63. The average molecular weight is 395 g/mol. The van der Waals surface area contributed by atoms with Crippen molar-refractivity contribution in [3.05, 3.63) is 59.7 Å². The SMILES string of the molecule is CCc1cccc(Sc2ccccc2CC[C@@](C)(N)COP(=O)(O)O)c1. The summed E-state index contributed by atoms with van der Waals surface area (Å²) < 4.78 is 15.4. The standard InChI is InChI=1S/C19H26NO4PS/c1-3-15-7-6-9-17(13-15)26-18-10-5-4-8-16(18)11-12-19(2,20)14-24-25(21,22)23/h4-10,13H,3,11-12,14,20H2,1-2H3,(H2,21,22,23)/t19-/m1/s1. The zero-order valence-corrected chi connectivity index (χ0v) is 16.8. The summed E-state index contributed by atoms with van der Waals surface area (Å²) in [5.74, 6) is 0. The molecule has 4 N–H and O–H groups in total. The van der Waals surface area contributed by atoms with Gasteiger partial charge in [0.05, 0.1) is 6.61 Å². The van der Waals surface area contributed by atoms with Gasteiger partial charge in [0.1, 0.15) is 0 Å². The summed E-state index contributed by atoms with van der Waals surface area (Å²) in [6, 6.07) is 16.6. The molecule has 0 aromatic heterocycles. The van der Waals surface area contributed by atoms with E-state index in [0.29, 0.717) is 12.8 Å². The van der Waals surface area contributed by atoms with E-state index in [9.17, 15) is 4.57 Å². The first kappa shape index (κ1) is 21.2. The fourth-order valence-electron chi connectivity index (χ4n) is 2.49. The number of hydrogen-bond donors (Lipinski definition) is 3. The lowest BCUT2D eigenvalue weighted by molar-refractivity contribution is 0.154. The third-order valence-electron chi connectivity index (χ3n) is 4.04. The zero-order chi connectivity index (χ0) is 19.2. The van der Waals surface area contributed by atoms with Gasteiger partial charge in [-0.1, -0.05) is 49.0 Å². The molecule has 0 saturated heterocycles. The van der Waals surface area contributed by atoms with Crippen LogP contribution in [0.25, 0.3) is 0 Å².